The number of rotatable bonds is 4. The third kappa shape index (κ3) is 3.28. The van der Waals surface area contributed by atoms with E-state index in [2.05, 4.69) is 25.7 Å². The van der Waals surface area contributed by atoms with E-state index >= 15 is 0 Å². The van der Waals surface area contributed by atoms with Crippen LogP contribution in [-0.2, 0) is 16.6 Å². The number of carbonyl (C=O) groups excluding carboxylic acids is 1. The third-order valence-corrected chi connectivity index (χ3v) is 7.70. The lowest BCUT2D eigenvalue weighted by Gasteiger charge is -2.23. The van der Waals surface area contributed by atoms with Gasteiger partial charge < -0.3 is 10.2 Å². The van der Waals surface area contributed by atoms with E-state index in [1.54, 1.807) is 34.8 Å². The van der Waals surface area contributed by atoms with Crippen molar-refractivity contribution < 1.29 is 13.2 Å². The number of aromatic amines is 1. The minimum atomic E-state index is -3.59. The molecule has 12 heteroatoms. The van der Waals surface area contributed by atoms with Gasteiger partial charge in [-0.3, -0.25) is 5.10 Å². The molecule has 0 aliphatic carbocycles. The van der Waals surface area contributed by atoms with Crippen LogP contribution in [0.15, 0.2) is 45.9 Å². The fraction of sp³-hybridized carbons (Fsp3) is 0.294. The van der Waals surface area contributed by atoms with Crippen LogP contribution in [0, 0.1) is 0 Å². The molecule has 0 saturated carbocycles. The monoisotopic (exact) mass is 431 g/mol. The van der Waals surface area contributed by atoms with Gasteiger partial charge >= 0.3 is 6.03 Å². The smallest absolute Gasteiger partial charge is 0.318 e. The molecule has 0 atom stereocenters. The van der Waals surface area contributed by atoms with Crippen LogP contribution in [0.25, 0.3) is 10.2 Å². The summed E-state index contributed by atoms with van der Waals surface area (Å²) in [5.74, 6) is 0. The van der Waals surface area contributed by atoms with Crippen molar-refractivity contribution in [2.45, 2.75) is 11.4 Å². The van der Waals surface area contributed by atoms with Crippen LogP contribution < -0.4 is 5.32 Å². The van der Waals surface area contributed by atoms with Gasteiger partial charge in [-0.15, -0.1) is 16.4 Å². The van der Waals surface area contributed by atoms with Crippen molar-refractivity contribution in [3.8, 4) is 0 Å². The van der Waals surface area contributed by atoms with Crippen molar-refractivity contribution in [3.05, 3.63) is 46.7 Å². The Morgan fingerprint density at radius 3 is 2.72 bits per heavy atom. The zero-order chi connectivity index (χ0) is 20.0. The zero-order valence-corrected chi connectivity index (χ0v) is 16.8. The number of H-pyrrole nitrogens is 1. The van der Waals surface area contributed by atoms with E-state index < -0.39 is 10.0 Å². The third-order valence-electron chi connectivity index (χ3n) is 5.12. The van der Waals surface area contributed by atoms with E-state index in [4.69, 9.17) is 0 Å². The Morgan fingerprint density at radius 1 is 1.21 bits per heavy atom. The predicted molar refractivity (Wildman–Crippen MR) is 106 cm³/mol. The molecule has 0 bridgehead atoms. The van der Waals surface area contributed by atoms with Gasteiger partial charge in [0.1, 0.15) is 0 Å². The van der Waals surface area contributed by atoms with Crippen molar-refractivity contribution in [1.29, 1.82) is 0 Å². The quantitative estimate of drug-likeness (QED) is 0.593. The zero-order valence-electron chi connectivity index (χ0n) is 15.2. The Balaban J connectivity index is 1.23. The molecule has 0 radical (unpaired) electrons. The number of benzene rings is 1. The summed E-state index contributed by atoms with van der Waals surface area (Å²) in [6, 6.07) is 4.82. The van der Waals surface area contributed by atoms with Crippen LogP contribution in [-0.4, -0.2) is 70.2 Å². The van der Waals surface area contributed by atoms with Crippen LogP contribution in [0.1, 0.15) is 5.69 Å². The lowest BCUT2D eigenvalue weighted by Crippen LogP contribution is -2.41. The van der Waals surface area contributed by atoms with E-state index in [0.29, 0.717) is 38.4 Å². The summed E-state index contributed by atoms with van der Waals surface area (Å²) in [5, 5.41) is 12.8. The summed E-state index contributed by atoms with van der Waals surface area (Å²) in [6.45, 7) is 1.80. The lowest BCUT2D eigenvalue weighted by atomic mass is 10.2. The van der Waals surface area contributed by atoms with Gasteiger partial charge in [0.25, 0.3) is 0 Å². The summed E-state index contributed by atoms with van der Waals surface area (Å²) in [5.41, 5.74) is 5.20. The molecule has 2 amide bonds. The van der Waals surface area contributed by atoms with Gasteiger partial charge in [0.2, 0.25) is 10.0 Å². The summed E-state index contributed by atoms with van der Waals surface area (Å²) in [4.78, 5) is 18.5. The topological polar surface area (TPSA) is 124 Å². The van der Waals surface area contributed by atoms with E-state index in [1.165, 1.54) is 15.6 Å². The molecule has 2 N–H and O–H groups in total. The number of fused-ring (bicyclic) bond motifs is 1. The van der Waals surface area contributed by atoms with Gasteiger partial charge in [0.05, 0.1) is 39.1 Å². The van der Waals surface area contributed by atoms with Crippen molar-refractivity contribution >= 4 is 37.6 Å². The maximum Gasteiger partial charge on any atom is 0.318 e. The number of carbonyl (C=O) groups is 1. The standard InChI is InChI=1S/C17H17N7O3S2/c25-17(18-4-13-5-20-22-21-13)23-6-11-8-24(9-12(11)7-23)29(26,27)14-1-2-15-16(3-14)28-10-19-15/h1-3,5,10H,4,6-9H2,(H,18,25)(H,20,21,22). The number of sulfonamides is 1. The van der Waals surface area contributed by atoms with Gasteiger partial charge in [-0.1, -0.05) is 5.21 Å². The van der Waals surface area contributed by atoms with E-state index in [1.807, 2.05) is 0 Å². The molecule has 2 aromatic heterocycles. The molecule has 150 valence electrons. The van der Waals surface area contributed by atoms with Crippen LogP contribution >= 0.6 is 11.3 Å². The van der Waals surface area contributed by atoms with Crippen molar-refractivity contribution in [2.24, 2.45) is 0 Å². The number of nitrogens with zero attached hydrogens (tertiary/aromatic N) is 5. The second-order valence-corrected chi connectivity index (χ2v) is 9.78. The Kier molecular flexibility index (Phi) is 4.33. The van der Waals surface area contributed by atoms with Gasteiger partial charge in [0.15, 0.2) is 0 Å². The maximum atomic E-state index is 13.1. The molecule has 10 nitrogen and oxygen atoms in total. The first-order chi connectivity index (χ1) is 14.0. The average Bonchev–Trinajstić information content (AvgIpc) is 3.48. The summed E-state index contributed by atoms with van der Waals surface area (Å²) >= 11 is 1.42. The summed E-state index contributed by atoms with van der Waals surface area (Å²) < 4.78 is 28.4. The predicted octanol–water partition coefficient (Wildman–Crippen LogP) is 0.941. The van der Waals surface area contributed by atoms with Crippen LogP contribution in [0.5, 0.6) is 0 Å². The Bertz CT molecular complexity index is 1200. The lowest BCUT2D eigenvalue weighted by molar-refractivity contribution is 0.207. The highest BCUT2D eigenvalue weighted by atomic mass is 32.2. The number of thiazole rings is 1. The first-order valence-electron chi connectivity index (χ1n) is 8.91. The van der Waals surface area contributed by atoms with Gasteiger partial charge in [-0.25, -0.2) is 18.2 Å². The molecule has 2 aliphatic heterocycles. The highest BCUT2D eigenvalue weighted by molar-refractivity contribution is 7.89. The normalized spacial score (nSPS) is 17.3. The Hall–Kier alpha value is -2.83. The molecule has 1 aromatic carbocycles. The largest absolute Gasteiger partial charge is 0.332 e. The van der Waals surface area contributed by atoms with Crippen molar-refractivity contribution in [1.82, 2.24) is 34.9 Å². The molecule has 0 fully saturated rings. The van der Waals surface area contributed by atoms with Crippen molar-refractivity contribution in [2.75, 3.05) is 26.2 Å². The van der Waals surface area contributed by atoms with Crippen molar-refractivity contribution in [3.63, 3.8) is 0 Å². The number of amides is 2. The summed E-state index contributed by atoms with van der Waals surface area (Å²) in [6.07, 6.45) is 1.55. The van der Waals surface area contributed by atoms with Crippen LogP contribution in [0.4, 0.5) is 4.79 Å². The number of nitrogens with one attached hydrogen (secondary N) is 2. The fourth-order valence-corrected chi connectivity index (χ4v) is 5.84. The first kappa shape index (κ1) is 18.2. The highest BCUT2D eigenvalue weighted by Gasteiger charge is 2.37. The number of hydrogen-bond acceptors (Lipinski definition) is 7. The van der Waals surface area contributed by atoms with Gasteiger partial charge in [0, 0.05) is 26.2 Å². The van der Waals surface area contributed by atoms with Gasteiger partial charge in [-0.2, -0.15) is 4.31 Å². The molecule has 2 aliphatic rings. The molecule has 4 heterocycles. The fourth-order valence-electron chi connectivity index (χ4n) is 3.59. The minimum Gasteiger partial charge on any atom is -0.332 e. The summed E-state index contributed by atoms with van der Waals surface area (Å²) in [7, 11) is -3.59. The van der Waals surface area contributed by atoms with Gasteiger partial charge in [-0.05, 0) is 29.3 Å². The van der Waals surface area contributed by atoms with E-state index in [0.717, 1.165) is 21.4 Å². The average molecular weight is 432 g/mol. The van der Waals surface area contributed by atoms with E-state index in [9.17, 15) is 13.2 Å². The number of hydrogen-bond donors (Lipinski definition) is 2. The van der Waals surface area contributed by atoms with E-state index in [-0.39, 0.29) is 10.9 Å². The second-order valence-electron chi connectivity index (χ2n) is 6.96. The molecule has 5 rings (SSSR count). The SMILES string of the molecule is O=C(NCc1cnn[nH]1)N1CC2=C(C1)CN(S(=O)(=O)c1ccc3ncsc3c1)C2. The maximum absolute atomic E-state index is 13.1. The number of urea groups is 1. The molecule has 3 aromatic rings. The molecular weight excluding hydrogens is 414 g/mol. The first-order valence-corrected chi connectivity index (χ1v) is 11.2. The number of aromatic nitrogens is 4. The highest BCUT2D eigenvalue weighted by Crippen LogP contribution is 2.31. The van der Waals surface area contributed by atoms with Crippen LogP contribution in [0.3, 0.4) is 0 Å². The Morgan fingerprint density at radius 2 is 2.00 bits per heavy atom. The Labute approximate surface area is 170 Å². The minimum absolute atomic E-state index is 0.195. The van der Waals surface area contributed by atoms with Crippen LogP contribution in [0.2, 0.25) is 0 Å². The molecule has 0 spiro atoms. The molecule has 29 heavy (non-hydrogen) atoms. The second kappa shape index (κ2) is 6.90. The molecule has 0 unspecified atom stereocenters. The molecular formula is C17H17N7O3S2. The molecule has 0 saturated heterocycles.